The van der Waals surface area contributed by atoms with Gasteiger partial charge in [-0.15, -0.1) is 0 Å². The Kier molecular flexibility index (Phi) is 4.76. The number of urea groups is 1. The van der Waals surface area contributed by atoms with Crippen LogP contribution in [0.2, 0.25) is 0 Å². The van der Waals surface area contributed by atoms with Crippen LogP contribution in [-0.2, 0) is 13.0 Å². The average molecular weight is 356 g/mol. The molecule has 1 atom stereocenters. The Balaban J connectivity index is 1.41. The zero-order valence-corrected chi connectivity index (χ0v) is 15.7. The zero-order chi connectivity index (χ0) is 18.1. The van der Waals surface area contributed by atoms with Crippen LogP contribution in [0, 0.1) is 5.92 Å². The summed E-state index contributed by atoms with van der Waals surface area (Å²) in [5, 5.41) is 4.32. The van der Waals surface area contributed by atoms with Gasteiger partial charge in [0.15, 0.2) is 0 Å². The van der Waals surface area contributed by atoms with Gasteiger partial charge in [0.1, 0.15) is 5.75 Å². The van der Waals surface area contributed by atoms with Crippen molar-refractivity contribution in [2.24, 2.45) is 5.92 Å². The third kappa shape index (κ3) is 3.26. The molecule has 140 valence electrons. The average Bonchev–Trinajstić information content (AvgIpc) is 3.29. The van der Waals surface area contributed by atoms with E-state index in [1.807, 2.05) is 11.0 Å². The summed E-state index contributed by atoms with van der Waals surface area (Å²) in [6.07, 6.45) is 2.05. The van der Waals surface area contributed by atoms with E-state index in [2.05, 4.69) is 34.3 Å². The Morgan fingerprint density at radius 3 is 3.04 bits per heavy atom. The Bertz CT molecular complexity index is 800. The first-order valence-corrected chi connectivity index (χ1v) is 9.60. The number of amides is 2. The number of methoxy groups -OCH3 is 1. The minimum atomic E-state index is 0.0582. The van der Waals surface area contributed by atoms with Gasteiger partial charge in [-0.3, -0.25) is 0 Å². The molecular weight excluding hydrogens is 328 g/mol. The highest BCUT2D eigenvalue weighted by molar-refractivity contribution is 5.87. The van der Waals surface area contributed by atoms with E-state index in [4.69, 9.17) is 4.74 Å². The topological polar surface area (TPSA) is 60.6 Å². The molecule has 3 heterocycles. The number of ether oxygens (including phenoxy) is 1. The second-order valence-corrected chi connectivity index (χ2v) is 7.40. The van der Waals surface area contributed by atoms with Crippen LogP contribution in [-0.4, -0.2) is 60.6 Å². The number of hydrogen-bond acceptors (Lipinski definition) is 3. The van der Waals surface area contributed by atoms with E-state index in [0.29, 0.717) is 12.5 Å². The van der Waals surface area contributed by atoms with Crippen LogP contribution in [0.15, 0.2) is 18.2 Å². The molecule has 1 saturated heterocycles. The minimum absolute atomic E-state index is 0.0582. The van der Waals surface area contributed by atoms with Gasteiger partial charge in [0.25, 0.3) is 0 Å². The van der Waals surface area contributed by atoms with Crippen LogP contribution in [0.25, 0.3) is 10.9 Å². The molecule has 2 amide bonds. The van der Waals surface area contributed by atoms with Gasteiger partial charge in [0.2, 0.25) is 0 Å². The first kappa shape index (κ1) is 17.2. The van der Waals surface area contributed by atoms with Crippen molar-refractivity contribution in [2.45, 2.75) is 26.3 Å². The van der Waals surface area contributed by atoms with Crippen molar-refractivity contribution in [1.29, 1.82) is 0 Å². The standard InChI is InChI=1S/C20H28N4O2/c1-3-23-8-6-14(12-23)11-21-20(25)24-9-7-19-17(13-24)16-10-15(26-2)4-5-18(16)22-19/h4-5,10,14,22H,3,6-9,11-13H2,1-2H3,(H,21,25)/t14-/m0/s1. The molecular formula is C20H28N4O2. The number of fused-ring (bicyclic) bond motifs is 3. The number of aromatic amines is 1. The third-order valence-corrected chi connectivity index (χ3v) is 5.83. The predicted molar refractivity (Wildman–Crippen MR) is 103 cm³/mol. The number of H-pyrrole nitrogens is 1. The minimum Gasteiger partial charge on any atom is -0.497 e. The normalized spacial score (nSPS) is 20.4. The molecule has 2 N–H and O–H groups in total. The largest absolute Gasteiger partial charge is 0.497 e. The second-order valence-electron chi connectivity index (χ2n) is 7.40. The van der Waals surface area contributed by atoms with E-state index >= 15 is 0 Å². The van der Waals surface area contributed by atoms with Gasteiger partial charge in [-0.1, -0.05) is 6.92 Å². The molecule has 0 bridgehead atoms. The van der Waals surface area contributed by atoms with Crippen molar-refractivity contribution >= 4 is 16.9 Å². The quantitative estimate of drug-likeness (QED) is 0.885. The van der Waals surface area contributed by atoms with Crippen LogP contribution in [0.3, 0.4) is 0 Å². The van der Waals surface area contributed by atoms with Crippen molar-refractivity contribution in [1.82, 2.24) is 20.1 Å². The molecule has 0 unspecified atom stereocenters. The maximum Gasteiger partial charge on any atom is 0.317 e. The molecule has 1 aromatic heterocycles. The number of benzene rings is 1. The summed E-state index contributed by atoms with van der Waals surface area (Å²) >= 11 is 0. The first-order valence-electron chi connectivity index (χ1n) is 9.60. The van der Waals surface area contributed by atoms with E-state index in [9.17, 15) is 4.79 Å². The lowest BCUT2D eigenvalue weighted by Gasteiger charge is -2.28. The van der Waals surface area contributed by atoms with E-state index in [0.717, 1.165) is 55.8 Å². The number of carbonyl (C=O) groups excluding carboxylic acids is 1. The number of carbonyl (C=O) groups is 1. The van der Waals surface area contributed by atoms with Crippen LogP contribution in [0.5, 0.6) is 5.75 Å². The fraction of sp³-hybridized carbons (Fsp3) is 0.550. The van der Waals surface area contributed by atoms with Gasteiger partial charge in [-0.25, -0.2) is 4.79 Å². The molecule has 2 aliphatic rings. The summed E-state index contributed by atoms with van der Waals surface area (Å²) in [5.41, 5.74) is 3.58. The van der Waals surface area contributed by atoms with Crippen LogP contribution in [0.4, 0.5) is 4.79 Å². The molecule has 4 rings (SSSR count). The summed E-state index contributed by atoms with van der Waals surface area (Å²) in [4.78, 5) is 20.5. The van der Waals surface area contributed by atoms with Gasteiger partial charge in [0, 0.05) is 54.8 Å². The van der Waals surface area contributed by atoms with E-state index in [1.165, 1.54) is 17.7 Å². The molecule has 26 heavy (non-hydrogen) atoms. The van der Waals surface area contributed by atoms with Crippen molar-refractivity contribution in [3.63, 3.8) is 0 Å². The van der Waals surface area contributed by atoms with Gasteiger partial charge < -0.3 is 24.8 Å². The second kappa shape index (κ2) is 7.19. The summed E-state index contributed by atoms with van der Waals surface area (Å²) in [6, 6.07) is 6.14. The summed E-state index contributed by atoms with van der Waals surface area (Å²) in [7, 11) is 1.68. The van der Waals surface area contributed by atoms with Crippen molar-refractivity contribution in [3.8, 4) is 5.75 Å². The Morgan fingerprint density at radius 1 is 1.38 bits per heavy atom. The smallest absolute Gasteiger partial charge is 0.317 e. The van der Waals surface area contributed by atoms with Gasteiger partial charge in [-0.2, -0.15) is 0 Å². The Labute approximate surface area is 154 Å². The number of rotatable bonds is 4. The lowest BCUT2D eigenvalue weighted by Crippen LogP contribution is -2.44. The van der Waals surface area contributed by atoms with Gasteiger partial charge >= 0.3 is 6.03 Å². The molecule has 0 spiro atoms. The number of nitrogens with zero attached hydrogens (tertiary/aromatic N) is 2. The molecule has 0 aliphatic carbocycles. The number of likely N-dealkylation sites (tertiary alicyclic amines) is 1. The molecule has 2 aromatic rings. The molecule has 1 fully saturated rings. The Hall–Kier alpha value is -2.21. The predicted octanol–water partition coefficient (Wildman–Crippen LogP) is 2.59. The van der Waals surface area contributed by atoms with Gasteiger partial charge in [0.05, 0.1) is 7.11 Å². The van der Waals surface area contributed by atoms with E-state index in [-0.39, 0.29) is 6.03 Å². The highest BCUT2D eigenvalue weighted by Crippen LogP contribution is 2.30. The Morgan fingerprint density at radius 2 is 2.27 bits per heavy atom. The van der Waals surface area contributed by atoms with Gasteiger partial charge in [-0.05, 0) is 43.6 Å². The molecule has 6 heteroatoms. The molecule has 0 radical (unpaired) electrons. The molecule has 6 nitrogen and oxygen atoms in total. The summed E-state index contributed by atoms with van der Waals surface area (Å²) < 4.78 is 5.36. The fourth-order valence-electron chi connectivity index (χ4n) is 4.20. The van der Waals surface area contributed by atoms with Crippen molar-refractivity contribution in [3.05, 3.63) is 29.5 Å². The van der Waals surface area contributed by atoms with Crippen LogP contribution < -0.4 is 10.1 Å². The number of hydrogen-bond donors (Lipinski definition) is 2. The van der Waals surface area contributed by atoms with Crippen LogP contribution in [0.1, 0.15) is 24.6 Å². The summed E-state index contributed by atoms with van der Waals surface area (Å²) in [5.74, 6) is 1.43. The fourth-order valence-corrected chi connectivity index (χ4v) is 4.20. The van der Waals surface area contributed by atoms with Crippen molar-refractivity contribution in [2.75, 3.05) is 39.8 Å². The summed E-state index contributed by atoms with van der Waals surface area (Å²) in [6.45, 7) is 7.74. The molecule has 2 aliphatic heterocycles. The van der Waals surface area contributed by atoms with Crippen LogP contribution >= 0.6 is 0 Å². The lowest BCUT2D eigenvalue weighted by atomic mass is 10.0. The highest BCUT2D eigenvalue weighted by atomic mass is 16.5. The lowest BCUT2D eigenvalue weighted by molar-refractivity contribution is 0.190. The van der Waals surface area contributed by atoms with E-state index < -0.39 is 0 Å². The SMILES string of the molecule is CCN1CC[C@@H](CNC(=O)N2CCc3[nH]c4ccc(OC)cc4c3C2)C1. The highest BCUT2D eigenvalue weighted by Gasteiger charge is 2.26. The van der Waals surface area contributed by atoms with Crippen molar-refractivity contribution < 1.29 is 9.53 Å². The molecule has 0 saturated carbocycles. The third-order valence-electron chi connectivity index (χ3n) is 5.83. The monoisotopic (exact) mass is 356 g/mol. The first-order chi connectivity index (χ1) is 12.7. The number of aromatic nitrogens is 1. The maximum absolute atomic E-state index is 12.7. The molecule has 1 aromatic carbocycles. The zero-order valence-electron chi connectivity index (χ0n) is 15.7. The number of nitrogens with one attached hydrogen (secondary N) is 2. The maximum atomic E-state index is 12.7. The van der Waals surface area contributed by atoms with E-state index in [1.54, 1.807) is 7.11 Å².